The maximum Gasteiger partial charge on any atom is 0.339 e. The Kier molecular flexibility index (Phi) is 6.79. The van der Waals surface area contributed by atoms with Crippen molar-refractivity contribution in [1.82, 2.24) is 4.98 Å². The number of hydrogen-bond acceptors (Lipinski definition) is 5. The van der Waals surface area contributed by atoms with Crippen LogP contribution in [-0.4, -0.2) is 37.3 Å². The topological polar surface area (TPSA) is 60.5 Å². The quantitative estimate of drug-likeness (QED) is 0.567. The number of ether oxygens (including phenoxy) is 2. The van der Waals surface area contributed by atoms with Crippen molar-refractivity contribution >= 4 is 11.8 Å². The van der Waals surface area contributed by atoms with Gasteiger partial charge in [0.25, 0.3) is 0 Å². The molecule has 1 rings (SSSR count). The van der Waals surface area contributed by atoms with Gasteiger partial charge in [0.15, 0.2) is 0 Å². The summed E-state index contributed by atoms with van der Waals surface area (Å²) in [4.78, 5) is 15.5. The van der Waals surface area contributed by atoms with Gasteiger partial charge in [-0.15, -0.1) is 0 Å². The molecule has 1 aromatic heterocycles. The molecule has 0 radical (unpaired) electrons. The van der Waals surface area contributed by atoms with E-state index in [0.29, 0.717) is 12.2 Å². The Morgan fingerprint density at radius 1 is 1.33 bits per heavy atom. The number of aromatic nitrogens is 1. The van der Waals surface area contributed by atoms with E-state index in [4.69, 9.17) is 9.47 Å². The van der Waals surface area contributed by atoms with Gasteiger partial charge in [-0.2, -0.15) is 0 Å². The van der Waals surface area contributed by atoms with Crippen LogP contribution in [0.5, 0.6) is 0 Å². The Hall–Kier alpha value is -1.62. The molecule has 100 valence electrons. The van der Waals surface area contributed by atoms with Gasteiger partial charge in [0.1, 0.15) is 5.82 Å². The van der Waals surface area contributed by atoms with Crippen LogP contribution in [0, 0.1) is 0 Å². The average Bonchev–Trinajstić information content (AvgIpc) is 2.39. The standard InChI is InChI=1S/C13H20N2O3/c1-3-17-9-5-8-14-12-7-6-11(10-15-12)13(16)18-4-2/h6-7,10H,3-5,8-9H2,1-2H3,(H,14,15). The molecule has 0 spiro atoms. The van der Waals surface area contributed by atoms with Gasteiger partial charge in [-0.25, -0.2) is 9.78 Å². The van der Waals surface area contributed by atoms with Crippen molar-refractivity contribution in [2.75, 3.05) is 31.7 Å². The van der Waals surface area contributed by atoms with E-state index in [1.165, 1.54) is 6.20 Å². The summed E-state index contributed by atoms with van der Waals surface area (Å²) in [5.74, 6) is 0.410. The van der Waals surface area contributed by atoms with E-state index < -0.39 is 0 Å². The Bertz CT molecular complexity index is 352. The van der Waals surface area contributed by atoms with Crippen LogP contribution in [0.1, 0.15) is 30.6 Å². The van der Waals surface area contributed by atoms with E-state index in [1.807, 2.05) is 6.92 Å². The Balaban J connectivity index is 2.33. The fourth-order valence-corrected chi connectivity index (χ4v) is 1.37. The summed E-state index contributed by atoms with van der Waals surface area (Å²) in [7, 11) is 0. The van der Waals surface area contributed by atoms with Gasteiger partial charge in [0.2, 0.25) is 0 Å². The van der Waals surface area contributed by atoms with Crippen molar-refractivity contribution in [3.8, 4) is 0 Å². The third-order valence-corrected chi connectivity index (χ3v) is 2.25. The molecule has 0 aliphatic rings. The molecule has 0 bridgehead atoms. The van der Waals surface area contributed by atoms with Gasteiger partial charge in [-0.1, -0.05) is 0 Å². The highest BCUT2D eigenvalue weighted by molar-refractivity contribution is 5.89. The second kappa shape index (κ2) is 8.47. The smallest absolute Gasteiger partial charge is 0.339 e. The molecule has 1 heterocycles. The van der Waals surface area contributed by atoms with Crippen molar-refractivity contribution in [2.24, 2.45) is 0 Å². The van der Waals surface area contributed by atoms with Gasteiger partial charge in [0, 0.05) is 26.0 Å². The summed E-state index contributed by atoms with van der Waals surface area (Å²) in [5.41, 5.74) is 0.469. The first kappa shape index (κ1) is 14.4. The fourth-order valence-electron chi connectivity index (χ4n) is 1.37. The maximum atomic E-state index is 11.4. The summed E-state index contributed by atoms with van der Waals surface area (Å²) >= 11 is 0. The number of esters is 1. The van der Waals surface area contributed by atoms with Crippen molar-refractivity contribution in [3.05, 3.63) is 23.9 Å². The highest BCUT2D eigenvalue weighted by Crippen LogP contribution is 2.06. The van der Waals surface area contributed by atoms with E-state index >= 15 is 0 Å². The van der Waals surface area contributed by atoms with Crippen LogP contribution in [0.15, 0.2) is 18.3 Å². The lowest BCUT2D eigenvalue weighted by atomic mass is 10.3. The molecule has 1 N–H and O–H groups in total. The van der Waals surface area contributed by atoms with Crippen LogP contribution < -0.4 is 5.32 Å². The largest absolute Gasteiger partial charge is 0.462 e. The molecule has 0 atom stereocenters. The Morgan fingerprint density at radius 2 is 2.17 bits per heavy atom. The molecule has 0 fully saturated rings. The fraction of sp³-hybridized carbons (Fsp3) is 0.538. The number of hydrogen-bond donors (Lipinski definition) is 1. The minimum absolute atomic E-state index is 0.340. The number of carbonyl (C=O) groups excluding carboxylic acids is 1. The molecule has 0 saturated heterocycles. The number of nitrogens with one attached hydrogen (secondary N) is 1. The lowest BCUT2D eigenvalue weighted by Crippen LogP contribution is -2.08. The van der Waals surface area contributed by atoms with Crippen LogP contribution in [0.3, 0.4) is 0 Å². The predicted octanol–water partition coefficient (Wildman–Crippen LogP) is 2.10. The van der Waals surface area contributed by atoms with Crippen LogP contribution in [0.4, 0.5) is 5.82 Å². The second-order valence-corrected chi connectivity index (χ2v) is 3.63. The minimum atomic E-state index is -0.340. The van der Waals surface area contributed by atoms with Gasteiger partial charge in [-0.05, 0) is 32.4 Å². The first-order valence-electron chi connectivity index (χ1n) is 6.22. The third-order valence-electron chi connectivity index (χ3n) is 2.25. The molecular formula is C13H20N2O3. The molecule has 1 aromatic rings. The monoisotopic (exact) mass is 252 g/mol. The molecule has 0 amide bonds. The molecule has 0 aliphatic heterocycles. The summed E-state index contributed by atoms with van der Waals surface area (Å²) in [6.07, 6.45) is 2.44. The first-order chi connectivity index (χ1) is 8.77. The van der Waals surface area contributed by atoms with Gasteiger partial charge >= 0.3 is 5.97 Å². The number of carbonyl (C=O) groups is 1. The number of anilines is 1. The summed E-state index contributed by atoms with van der Waals surface area (Å²) in [6, 6.07) is 3.48. The van der Waals surface area contributed by atoms with Gasteiger partial charge < -0.3 is 14.8 Å². The normalized spacial score (nSPS) is 10.1. The molecule has 18 heavy (non-hydrogen) atoms. The lowest BCUT2D eigenvalue weighted by Gasteiger charge is -2.06. The molecule has 5 heteroatoms. The predicted molar refractivity (Wildman–Crippen MR) is 69.8 cm³/mol. The van der Waals surface area contributed by atoms with Crippen LogP contribution in [-0.2, 0) is 9.47 Å². The molecular weight excluding hydrogens is 232 g/mol. The number of nitrogens with zero attached hydrogens (tertiary/aromatic N) is 1. The first-order valence-corrected chi connectivity index (χ1v) is 6.22. The summed E-state index contributed by atoms with van der Waals surface area (Å²) in [6.45, 7) is 6.40. The highest BCUT2D eigenvalue weighted by atomic mass is 16.5. The van der Waals surface area contributed by atoms with Crippen LogP contribution >= 0.6 is 0 Å². The van der Waals surface area contributed by atoms with Gasteiger partial charge in [-0.3, -0.25) is 0 Å². The molecule has 0 aromatic carbocycles. The molecule has 0 aliphatic carbocycles. The SMILES string of the molecule is CCOCCCNc1ccc(C(=O)OCC)cn1. The maximum absolute atomic E-state index is 11.4. The average molecular weight is 252 g/mol. The van der Waals surface area contributed by atoms with Gasteiger partial charge in [0.05, 0.1) is 12.2 Å². The van der Waals surface area contributed by atoms with Crippen molar-refractivity contribution in [1.29, 1.82) is 0 Å². The van der Waals surface area contributed by atoms with Crippen molar-refractivity contribution < 1.29 is 14.3 Å². The van der Waals surface area contributed by atoms with E-state index in [9.17, 15) is 4.79 Å². The molecule has 0 unspecified atom stereocenters. The van der Waals surface area contributed by atoms with Crippen molar-refractivity contribution in [2.45, 2.75) is 20.3 Å². The molecule has 5 nitrogen and oxygen atoms in total. The van der Waals surface area contributed by atoms with E-state index in [-0.39, 0.29) is 5.97 Å². The van der Waals surface area contributed by atoms with Crippen LogP contribution in [0.2, 0.25) is 0 Å². The zero-order valence-electron chi connectivity index (χ0n) is 10.9. The summed E-state index contributed by atoms with van der Waals surface area (Å²) < 4.78 is 10.1. The molecule has 0 saturated carbocycles. The lowest BCUT2D eigenvalue weighted by molar-refractivity contribution is 0.0526. The number of pyridine rings is 1. The second-order valence-electron chi connectivity index (χ2n) is 3.63. The Morgan fingerprint density at radius 3 is 2.78 bits per heavy atom. The summed E-state index contributed by atoms with van der Waals surface area (Å²) in [5, 5.41) is 3.16. The number of rotatable bonds is 8. The van der Waals surface area contributed by atoms with E-state index in [1.54, 1.807) is 19.1 Å². The van der Waals surface area contributed by atoms with E-state index in [2.05, 4.69) is 10.3 Å². The zero-order valence-corrected chi connectivity index (χ0v) is 10.9. The van der Waals surface area contributed by atoms with Crippen molar-refractivity contribution in [3.63, 3.8) is 0 Å². The van der Waals surface area contributed by atoms with E-state index in [0.717, 1.165) is 32.0 Å². The van der Waals surface area contributed by atoms with Crippen LogP contribution in [0.25, 0.3) is 0 Å². The third kappa shape index (κ3) is 5.14. The minimum Gasteiger partial charge on any atom is -0.462 e. The highest BCUT2D eigenvalue weighted by Gasteiger charge is 2.06. The Labute approximate surface area is 108 Å². The zero-order chi connectivity index (χ0) is 13.2.